The number of rotatable bonds is 7. The molecule has 0 saturated heterocycles. The molecule has 1 aliphatic rings. The van der Waals surface area contributed by atoms with E-state index < -0.39 is 10.0 Å². The zero-order valence-electron chi connectivity index (χ0n) is 11.7. The van der Waals surface area contributed by atoms with Gasteiger partial charge in [0.1, 0.15) is 5.01 Å². The third kappa shape index (κ3) is 3.91. The fourth-order valence-corrected chi connectivity index (χ4v) is 3.76. The Labute approximate surface area is 128 Å². The standard InChI is InChI=1S/C13H18N4O2S2/c1-9-5-16-13(20-9)8-17-21(18,19)12-4-11(15-7-12)6-14-10-2-3-10/h4-5,7,10,14-15,17H,2-3,6,8H2,1H3. The van der Waals surface area contributed by atoms with Gasteiger partial charge in [-0.05, 0) is 25.8 Å². The van der Waals surface area contributed by atoms with Gasteiger partial charge in [0.15, 0.2) is 0 Å². The van der Waals surface area contributed by atoms with Gasteiger partial charge >= 0.3 is 0 Å². The molecule has 0 spiro atoms. The smallest absolute Gasteiger partial charge is 0.242 e. The van der Waals surface area contributed by atoms with Gasteiger partial charge in [0, 0.05) is 35.6 Å². The van der Waals surface area contributed by atoms with Crippen molar-refractivity contribution in [1.29, 1.82) is 0 Å². The lowest BCUT2D eigenvalue weighted by molar-refractivity contribution is 0.581. The lowest BCUT2D eigenvalue weighted by Crippen LogP contribution is -2.22. The summed E-state index contributed by atoms with van der Waals surface area (Å²) in [6, 6.07) is 2.27. The normalized spacial score (nSPS) is 15.5. The van der Waals surface area contributed by atoms with Crippen LogP contribution in [0.25, 0.3) is 0 Å². The van der Waals surface area contributed by atoms with Crippen LogP contribution in [0.15, 0.2) is 23.4 Å². The van der Waals surface area contributed by atoms with Gasteiger partial charge in [0.2, 0.25) is 10.0 Å². The van der Waals surface area contributed by atoms with Crippen molar-refractivity contribution in [2.75, 3.05) is 0 Å². The Kier molecular flexibility index (Phi) is 4.12. The van der Waals surface area contributed by atoms with Crippen molar-refractivity contribution in [3.63, 3.8) is 0 Å². The Morgan fingerprint density at radius 2 is 2.24 bits per heavy atom. The van der Waals surface area contributed by atoms with E-state index in [1.165, 1.54) is 30.4 Å². The molecular formula is C13H18N4O2S2. The molecule has 114 valence electrons. The van der Waals surface area contributed by atoms with Crippen molar-refractivity contribution in [3.8, 4) is 0 Å². The molecule has 0 atom stereocenters. The summed E-state index contributed by atoms with van der Waals surface area (Å²) in [6.45, 7) is 2.84. The third-order valence-corrected chi connectivity index (χ3v) is 5.56. The molecule has 3 N–H and O–H groups in total. The average Bonchev–Trinajstić information content (AvgIpc) is 2.97. The number of thiazole rings is 1. The monoisotopic (exact) mass is 326 g/mol. The molecule has 1 aliphatic carbocycles. The van der Waals surface area contributed by atoms with Crippen LogP contribution in [0.2, 0.25) is 0 Å². The minimum Gasteiger partial charge on any atom is -0.363 e. The maximum Gasteiger partial charge on any atom is 0.242 e. The molecule has 1 saturated carbocycles. The Balaban J connectivity index is 1.60. The van der Waals surface area contributed by atoms with Crippen molar-refractivity contribution >= 4 is 21.4 Å². The van der Waals surface area contributed by atoms with E-state index in [1.54, 1.807) is 12.3 Å². The number of hydrogen-bond donors (Lipinski definition) is 3. The lowest BCUT2D eigenvalue weighted by Gasteiger charge is -2.02. The Hall–Kier alpha value is -1.22. The predicted molar refractivity (Wildman–Crippen MR) is 81.5 cm³/mol. The first kappa shape index (κ1) is 14.7. The van der Waals surface area contributed by atoms with Gasteiger partial charge in [0.25, 0.3) is 0 Å². The average molecular weight is 326 g/mol. The Bertz CT molecular complexity index is 716. The highest BCUT2D eigenvalue weighted by molar-refractivity contribution is 7.89. The summed E-state index contributed by atoms with van der Waals surface area (Å²) in [7, 11) is -3.49. The zero-order chi connectivity index (χ0) is 14.9. The molecule has 0 radical (unpaired) electrons. The van der Waals surface area contributed by atoms with Crippen LogP contribution in [0.1, 0.15) is 28.4 Å². The Morgan fingerprint density at radius 1 is 1.43 bits per heavy atom. The molecule has 1 fully saturated rings. The first-order valence-electron chi connectivity index (χ1n) is 6.84. The van der Waals surface area contributed by atoms with E-state index in [0.29, 0.717) is 12.6 Å². The van der Waals surface area contributed by atoms with E-state index >= 15 is 0 Å². The van der Waals surface area contributed by atoms with Gasteiger partial charge in [-0.3, -0.25) is 0 Å². The first-order valence-corrected chi connectivity index (χ1v) is 9.14. The van der Waals surface area contributed by atoms with E-state index in [9.17, 15) is 8.42 Å². The van der Waals surface area contributed by atoms with Crippen molar-refractivity contribution in [2.45, 2.75) is 43.8 Å². The summed E-state index contributed by atoms with van der Waals surface area (Å²) >= 11 is 1.49. The fourth-order valence-electron chi connectivity index (χ4n) is 1.94. The van der Waals surface area contributed by atoms with Crippen LogP contribution < -0.4 is 10.0 Å². The largest absolute Gasteiger partial charge is 0.363 e. The summed E-state index contributed by atoms with van der Waals surface area (Å²) < 4.78 is 27.0. The van der Waals surface area contributed by atoms with Crippen LogP contribution in [0, 0.1) is 6.92 Å². The number of aryl methyl sites for hydroxylation is 1. The molecular weight excluding hydrogens is 308 g/mol. The Morgan fingerprint density at radius 3 is 2.90 bits per heavy atom. The number of H-pyrrole nitrogens is 1. The fraction of sp³-hybridized carbons (Fsp3) is 0.462. The summed E-state index contributed by atoms with van der Waals surface area (Å²) in [5.74, 6) is 0. The second-order valence-corrected chi connectivity index (χ2v) is 8.29. The quantitative estimate of drug-likeness (QED) is 0.720. The van der Waals surface area contributed by atoms with Crippen molar-refractivity contribution < 1.29 is 8.42 Å². The van der Waals surface area contributed by atoms with Crippen molar-refractivity contribution in [3.05, 3.63) is 34.0 Å². The van der Waals surface area contributed by atoms with Crippen LogP contribution >= 0.6 is 11.3 Å². The van der Waals surface area contributed by atoms with Gasteiger partial charge in [-0.1, -0.05) is 0 Å². The molecule has 2 aromatic heterocycles. The van der Waals surface area contributed by atoms with E-state index in [-0.39, 0.29) is 11.4 Å². The summed E-state index contributed by atoms with van der Waals surface area (Å²) in [5.41, 5.74) is 0.882. The van der Waals surface area contributed by atoms with E-state index in [4.69, 9.17) is 0 Å². The van der Waals surface area contributed by atoms with Gasteiger partial charge in [-0.2, -0.15) is 0 Å². The summed E-state index contributed by atoms with van der Waals surface area (Å²) in [4.78, 5) is 8.49. The van der Waals surface area contributed by atoms with Crippen LogP contribution in [0.4, 0.5) is 0 Å². The number of hydrogen-bond acceptors (Lipinski definition) is 5. The molecule has 21 heavy (non-hydrogen) atoms. The van der Waals surface area contributed by atoms with Gasteiger partial charge in [0.05, 0.1) is 11.4 Å². The zero-order valence-corrected chi connectivity index (χ0v) is 13.4. The molecule has 0 bridgehead atoms. The second kappa shape index (κ2) is 5.88. The topological polar surface area (TPSA) is 86.9 Å². The molecule has 0 aromatic carbocycles. The molecule has 2 aromatic rings. The molecule has 3 rings (SSSR count). The minimum absolute atomic E-state index is 0.224. The minimum atomic E-state index is -3.49. The molecule has 0 amide bonds. The highest BCUT2D eigenvalue weighted by Crippen LogP contribution is 2.20. The number of sulfonamides is 1. The molecule has 0 unspecified atom stereocenters. The number of nitrogens with one attached hydrogen (secondary N) is 3. The maximum absolute atomic E-state index is 12.2. The molecule has 0 aliphatic heterocycles. The first-order chi connectivity index (χ1) is 10.0. The molecule has 6 nitrogen and oxygen atoms in total. The highest BCUT2D eigenvalue weighted by Gasteiger charge is 2.21. The van der Waals surface area contributed by atoms with E-state index in [2.05, 4.69) is 20.0 Å². The van der Waals surface area contributed by atoms with Crippen molar-refractivity contribution in [2.24, 2.45) is 0 Å². The second-order valence-electron chi connectivity index (χ2n) is 5.20. The summed E-state index contributed by atoms with van der Waals surface area (Å²) in [5, 5.41) is 4.11. The lowest BCUT2D eigenvalue weighted by atomic mass is 10.4. The van der Waals surface area contributed by atoms with Gasteiger partial charge in [-0.25, -0.2) is 18.1 Å². The third-order valence-electron chi connectivity index (χ3n) is 3.27. The van der Waals surface area contributed by atoms with E-state index in [1.807, 2.05) is 6.92 Å². The van der Waals surface area contributed by atoms with Crippen LogP contribution in [-0.4, -0.2) is 24.4 Å². The predicted octanol–water partition coefficient (Wildman–Crippen LogP) is 1.51. The van der Waals surface area contributed by atoms with Crippen LogP contribution in [0.5, 0.6) is 0 Å². The number of aromatic nitrogens is 2. The molecule has 2 heterocycles. The van der Waals surface area contributed by atoms with Gasteiger partial charge < -0.3 is 10.3 Å². The number of aromatic amines is 1. The van der Waals surface area contributed by atoms with Crippen LogP contribution in [-0.2, 0) is 23.1 Å². The maximum atomic E-state index is 12.2. The van der Waals surface area contributed by atoms with Crippen LogP contribution in [0.3, 0.4) is 0 Å². The van der Waals surface area contributed by atoms with Crippen molar-refractivity contribution in [1.82, 2.24) is 20.0 Å². The highest BCUT2D eigenvalue weighted by atomic mass is 32.2. The number of nitrogens with zero attached hydrogens (tertiary/aromatic N) is 1. The van der Waals surface area contributed by atoms with E-state index in [0.717, 1.165) is 15.6 Å². The van der Waals surface area contributed by atoms with Gasteiger partial charge in [-0.15, -0.1) is 11.3 Å². The molecule has 8 heteroatoms. The SMILES string of the molecule is Cc1cnc(CNS(=O)(=O)c2c[nH]c(CNC3CC3)c2)s1. The summed E-state index contributed by atoms with van der Waals surface area (Å²) in [6.07, 6.45) is 5.69.